The molecule has 1 N–H and O–H groups in total. The second-order valence-electron chi connectivity index (χ2n) is 5.62. The summed E-state index contributed by atoms with van der Waals surface area (Å²) in [5.41, 5.74) is 0.970. The van der Waals surface area contributed by atoms with Crippen LogP contribution in [0.1, 0.15) is 24.0 Å². The topological polar surface area (TPSA) is 73.2 Å². The lowest BCUT2D eigenvalue weighted by Gasteiger charge is -2.28. The smallest absolute Gasteiger partial charge is 0.215 e. The molecule has 2 rings (SSSR count). The first-order valence-corrected chi connectivity index (χ1v) is 8.79. The van der Waals surface area contributed by atoms with E-state index in [0.717, 1.165) is 25.9 Å². The average molecular weight is 307 g/mol. The van der Waals surface area contributed by atoms with Crippen LogP contribution in [-0.4, -0.2) is 40.0 Å². The van der Waals surface area contributed by atoms with Gasteiger partial charge in [-0.2, -0.15) is 5.26 Å². The summed E-state index contributed by atoms with van der Waals surface area (Å²) in [7, 11) is -1.31. The molecule has 1 aliphatic rings. The molecule has 1 heterocycles. The zero-order chi connectivity index (χ0) is 15.3. The number of sulfonamides is 1. The summed E-state index contributed by atoms with van der Waals surface area (Å²) in [6, 6.07) is 8.85. The van der Waals surface area contributed by atoms with Crippen LogP contribution in [0.2, 0.25) is 0 Å². The quantitative estimate of drug-likeness (QED) is 0.890. The number of hydrogen-bond acceptors (Lipinski definition) is 4. The highest BCUT2D eigenvalue weighted by molar-refractivity contribution is 7.88. The monoisotopic (exact) mass is 307 g/mol. The van der Waals surface area contributed by atoms with Crippen molar-refractivity contribution in [1.29, 1.82) is 5.26 Å². The van der Waals surface area contributed by atoms with Gasteiger partial charge in [-0.05, 0) is 50.5 Å². The highest BCUT2D eigenvalue weighted by atomic mass is 32.2. The molecule has 0 saturated carbocycles. The number of nitriles is 1. The summed E-state index contributed by atoms with van der Waals surface area (Å²) < 4.78 is 27.0. The molecular formula is C15H21N3O2S. The standard InChI is InChI=1S/C15H21N3O2S/c1-18-8-6-13(7-9-18)11-17-21(19,20)12-15-5-3-2-4-14(15)10-16/h2-5,13,17H,6-9,11-12H2,1H3. The van der Waals surface area contributed by atoms with E-state index in [-0.39, 0.29) is 5.75 Å². The van der Waals surface area contributed by atoms with Gasteiger partial charge in [0.15, 0.2) is 0 Å². The van der Waals surface area contributed by atoms with Crippen LogP contribution >= 0.6 is 0 Å². The van der Waals surface area contributed by atoms with E-state index < -0.39 is 10.0 Å². The van der Waals surface area contributed by atoms with Crippen LogP contribution in [0.3, 0.4) is 0 Å². The first kappa shape index (κ1) is 16.0. The molecule has 0 aromatic heterocycles. The molecule has 0 bridgehead atoms. The molecule has 1 aliphatic heterocycles. The van der Waals surface area contributed by atoms with Crippen molar-refractivity contribution in [3.63, 3.8) is 0 Å². The molecule has 1 aromatic rings. The molecule has 0 radical (unpaired) electrons. The van der Waals surface area contributed by atoms with Gasteiger partial charge in [-0.1, -0.05) is 18.2 Å². The van der Waals surface area contributed by atoms with Crippen molar-refractivity contribution in [1.82, 2.24) is 9.62 Å². The van der Waals surface area contributed by atoms with Crippen molar-refractivity contribution >= 4 is 10.0 Å². The molecule has 1 aromatic carbocycles. The van der Waals surface area contributed by atoms with Gasteiger partial charge in [-0.3, -0.25) is 0 Å². The predicted octanol–water partition coefficient (Wildman–Crippen LogP) is 1.32. The van der Waals surface area contributed by atoms with Crippen LogP contribution in [0.5, 0.6) is 0 Å². The first-order valence-electron chi connectivity index (χ1n) is 7.14. The molecular weight excluding hydrogens is 286 g/mol. The molecule has 21 heavy (non-hydrogen) atoms. The fourth-order valence-corrected chi connectivity index (χ4v) is 3.77. The Morgan fingerprint density at radius 1 is 1.33 bits per heavy atom. The van der Waals surface area contributed by atoms with E-state index in [4.69, 9.17) is 5.26 Å². The van der Waals surface area contributed by atoms with Gasteiger partial charge in [0.2, 0.25) is 10.0 Å². The fraction of sp³-hybridized carbons (Fsp3) is 0.533. The van der Waals surface area contributed by atoms with Crippen molar-refractivity contribution in [2.24, 2.45) is 5.92 Å². The van der Waals surface area contributed by atoms with Crippen LogP contribution in [0.15, 0.2) is 24.3 Å². The van der Waals surface area contributed by atoms with Gasteiger partial charge in [0.1, 0.15) is 0 Å². The summed E-state index contributed by atoms with van der Waals surface area (Å²) in [5.74, 6) is 0.269. The highest BCUT2D eigenvalue weighted by Gasteiger charge is 2.20. The minimum Gasteiger partial charge on any atom is -0.306 e. The van der Waals surface area contributed by atoms with E-state index >= 15 is 0 Å². The molecule has 1 fully saturated rings. The molecule has 114 valence electrons. The number of piperidine rings is 1. The van der Waals surface area contributed by atoms with Crippen molar-refractivity contribution in [2.75, 3.05) is 26.7 Å². The molecule has 6 heteroatoms. The normalized spacial score (nSPS) is 17.5. The lowest BCUT2D eigenvalue weighted by molar-refractivity contribution is 0.220. The van der Waals surface area contributed by atoms with Gasteiger partial charge < -0.3 is 4.90 Å². The summed E-state index contributed by atoms with van der Waals surface area (Å²) in [4.78, 5) is 2.26. The second-order valence-corrected chi connectivity index (χ2v) is 7.43. The highest BCUT2D eigenvalue weighted by Crippen LogP contribution is 2.16. The zero-order valence-corrected chi connectivity index (χ0v) is 13.1. The van der Waals surface area contributed by atoms with Crippen LogP contribution < -0.4 is 4.72 Å². The van der Waals surface area contributed by atoms with Crippen molar-refractivity contribution < 1.29 is 8.42 Å². The number of likely N-dealkylation sites (tertiary alicyclic amines) is 1. The average Bonchev–Trinajstić information content (AvgIpc) is 2.47. The number of hydrogen-bond donors (Lipinski definition) is 1. The van der Waals surface area contributed by atoms with Crippen molar-refractivity contribution in [2.45, 2.75) is 18.6 Å². The van der Waals surface area contributed by atoms with Gasteiger partial charge in [-0.15, -0.1) is 0 Å². The Balaban J connectivity index is 1.92. The third-order valence-electron chi connectivity index (χ3n) is 3.91. The predicted molar refractivity (Wildman–Crippen MR) is 82.0 cm³/mol. The van der Waals surface area contributed by atoms with Crippen LogP contribution in [0.4, 0.5) is 0 Å². The van der Waals surface area contributed by atoms with Crippen molar-refractivity contribution in [3.8, 4) is 6.07 Å². The number of rotatable bonds is 5. The lowest BCUT2D eigenvalue weighted by atomic mass is 9.98. The molecule has 5 nitrogen and oxygen atoms in total. The maximum atomic E-state index is 12.1. The second kappa shape index (κ2) is 7.03. The van der Waals surface area contributed by atoms with Gasteiger partial charge in [-0.25, -0.2) is 13.1 Å². The Labute approximate surface area is 126 Å². The van der Waals surface area contributed by atoms with Gasteiger partial charge in [0, 0.05) is 6.54 Å². The Morgan fingerprint density at radius 2 is 2.00 bits per heavy atom. The first-order chi connectivity index (χ1) is 10.00. The SMILES string of the molecule is CN1CCC(CNS(=O)(=O)Cc2ccccc2C#N)CC1. The van der Waals surface area contributed by atoms with E-state index in [1.54, 1.807) is 24.3 Å². The Hall–Kier alpha value is -1.42. The minimum absolute atomic E-state index is 0.136. The van der Waals surface area contributed by atoms with E-state index in [0.29, 0.717) is 23.6 Å². The van der Waals surface area contributed by atoms with Gasteiger partial charge in [0.25, 0.3) is 0 Å². The maximum absolute atomic E-state index is 12.1. The third kappa shape index (κ3) is 4.81. The molecule has 0 atom stereocenters. The molecule has 0 spiro atoms. The Bertz CT molecular complexity index is 614. The van der Waals surface area contributed by atoms with Gasteiger partial charge in [0.05, 0.1) is 17.4 Å². The molecule has 1 saturated heterocycles. The minimum atomic E-state index is -3.39. The third-order valence-corrected chi connectivity index (χ3v) is 5.21. The maximum Gasteiger partial charge on any atom is 0.215 e. The number of nitrogens with one attached hydrogen (secondary N) is 1. The van der Waals surface area contributed by atoms with Crippen molar-refractivity contribution in [3.05, 3.63) is 35.4 Å². The van der Waals surface area contributed by atoms with Crippen LogP contribution in [0.25, 0.3) is 0 Å². The number of benzene rings is 1. The lowest BCUT2D eigenvalue weighted by Crippen LogP contribution is -2.37. The zero-order valence-electron chi connectivity index (χ0n) is 12.2. The van der Waals surface area contributed by atoms with Gasteiger partial charge >= 0.3 is 0 Å². The fourth-order valence-electron chi connectivity index (χ4n) is 2.52. The molecule has 0 aliphatic carbocycles. The Kier molecular flexibility index (Phi) is 5.34. The Morgan fingerprint density at radius 3 is 2.67 bits per heavy atom. The summed E-state index contributed by atoms with van der Waals surface area (Å²) in [5, 5.41) is 9.00. The summed E-state index contributed by atoms with van der Waals surface area (Å²) in [6.45, 7) is 2.53. The number of nitrogens with zero attached hydrogens (tertiary/aromatic N) is 2. The summed E-state index contributed by atoms with van der Waals surface area (Å²) in [6.07, 6.45) is 2.04. The largest absolute Gasteiger partial charge is 0.306 e. The van der Waals surface area contributed by atoms with E-state index in [1.165, 1.54) is 0 Å². The van der Waals surface area contributed by atoms with E-state index in [2.05, 4.69) is 16.7 Å². The molecule has 0 unspecified atom stereocenters. The van der Waals surface area contributed by atoms with E-state index in [9.17, 15) is 8.42 Å². The van der Waals surface area contributed by atoms with E-state index in [1.807, 2.05) is 6.07 Å². The summed E-state index contributed by atoms with van der Waals surface area (Å²) >= 11 is 0. The van der Waals surface area contributed by atoms with Crippen LogP contribution in [0, 0.1) is 17.2 Å². The van der Waals surface area contributed by atoms with Crippen LogP contribution in [-0.2, 0) is 15.8 Å². The molecule has 0 amide bonds.